The van der Waals surface area contributed by atoms with E-state index in [-0.39, 0.29) is 46.7 Å². The van der Waals surface area contributed by atoms with Crippen molar-refractivity contribution in [2.24, 2.45) is 0 Å². The number of ether oxygens (including phenoxy) is 2. The fraction of sp³-hybridized carbons (Fsp3) is 0.345. The van der Waals surface area contributed by atoms with Gasteiger partial charge in [-0.1, -0.05) is 17.7 Å². The molecule has 3 aromatic heterocycles. The lowest BCUT2D eigenvalue weighted by molar-refractivity contribution is -0.139. The summed E-state index contributed by atoms with van der Waals surface area (Å²) in [6, 6.07) is 8.22. The predicted molar refractivity (Wildman–Crippen MR) is 150 cm³/mol. The number of nitrogens with one attached hydrogen (secondary N) is 1. The van der Waals surface area contributed by atoms with Crippen LogP contribution in [0.2, 0.25) is 5.02 Å². The summed E-state index contributed by atoms with van der Waals surface area (Å²) in [6.45, 7) is 1.53. The Morgan fingerprint density at radius 3 is 2.67 bits per heavy atom. The average Bonchev–Trinajstić information content (AvgIpc) is 3.62. The number of hydrogen-bond donors (Lipinski definition) is 1. The van der Waals surface area contributed by atoms with Crippen molar-refractivity contribution in [3.05, 3.63) is 81.3 Å². The summed E-state index contributed by atoms with van der Waals surface area (Å²) in [5, 5.41) is 13.6. The monoisotopic (exact) mass is 646 g/mol. The molecule has 0 radical (unpaired) electrons. The summed E-state index contributed by atoms with van der Waals surface area (Å²) in [6.07, 6.45) is -3.63. The Labute approximate surface area is 257 Å². The SMILES string of the molecule is Fc1cc(Cl)ccc1COc1nc2c(cc1C(F)(F)F)CCN(Cc1nc3c(F)c(-c4nnn[nH]4)ccc3n1C[C@@H]1CCO1)C2. The van der Waals surface area contributed by atoms with Crippen LogP contribution in [0, 0.1) is 11.6 Å². The maximum Gasteiger partial charge on any atom is 0.421 e. The van der Waals surface area contributed by atoms with Crippen molar-refractivity contribution in [2.45, 2.75) is 51.4 Å². The van der Waals surface area contributed by atoms with Crippen molar-refractivity contribution in [1.29, 1.82) is 0 Å². The number of rotatable bonds is 8. The van der Waals surface area contributed by atoms with Crippen LogP contribution < -0.4 is 4.74 Å². The second-order valence-corrected chi connectivity index (χ2v) is 11.3. The average molecular weight is 647 g/mol. The fourth-order valence-electron chi connectivity index (χ4n) is 5.55. The number of aromatic amines is 1. The Kier molecular flexibility index (Phi) is 7.61. The van der Waals surface area contributed by atoms with Crippen LogP contribution in [0.1, 0.15) is 34.6 Å². The summed E-state index contributed by atoms with van der Waals surface area (Å²) in [7, 11) is 0. The molecule has 10 nitrogen and oxygen atoms in total. The van der Waals surface area contributed by atoms with E-state index in [4.69, 9.17) is 21.1 Å². The van der Waals surface area contributed by atoms with Crippen molar-refractivity contribution in [3.63, 3.8) is 0 Å². The number of fused-ring (bicyclic) bond motifs is 2. The van der Waals surface area contributed by atoms with Gasteiger partial charge in [0.25, 0.3) is 0 Å². The molecule has 1 atom stereocenters. The molecule has 5 heterocycles. The van der Waals surface area contributed by atoms with Gasteiger partial charge >= 0.3 is 6.18 Å². The van der Waals surface area contributed by atoms with E-state index in [0.29, 0.717) is 48.7 Å². The first-order valence-electron chi connectivity index (χ1n) is 14.1. The Morgan fingerprint density at radius 2 is 1.96 bits per heavy atom. The Bertz CT molecular complexity index is 1880. The van der Waals surface area contributed by atoms with Gasteiger partial charge in [-0.15, -0.1) is 5.10 Å². The molecule has 1 saturated heterocycles. The van der Waals surface area contributed by atoms with Crippen molar-refractivity contribution in [2.75, 3.05) is 13.2 Å². The molecular weight excluding hydrogens is 623 g/mol. The summed E-state index contributed by atoms with van der Waals surface area (Å²) >= 11 is 5.79. The number of alkyl halides is 3. The number of tetrazole rings is 1. The van der Waals surface area contributed by atoms with Gasteiger partial charge in [0.05, 0.1) is 36.0 Å². The van der Waals surface area contributed by atoms with Gasteiger partial charge in [0.1, 0.15) is 29.3 Å². The number of H-pyrrole nitrogens is 1. The maximum atomic E-state index is 15.7. The smallest absolute Gasteiger partial charge is 0.421 e. The number of aromatic nitrogens is 7. The molecule has 2 aromatic carbocycles. The highest BCUT2D eigenvalue weighted by Crippen LogP contribution is 2.38. The van der Waals surface area contributed by atoms with Crippen LogP contribution in [0.25, 0.3) is 22.4 Å². The first-order chi connectivity index (χ1) is 21.6. The minimum Gasteiger partial charge on any atom is -0.472 e. The van der Waals surface area contributed by atoms with Crippen molar-refractivity contribution < 1.29 is 31.4 Å². The molecule has 45 heavy (non-hydrogen) atoms. The van der Waals surface area contributed by atoms with Gasteiger partial charge in [-0.25, -0.2) is 23.8 Å². The molecule has 0 spiro atoms. The first kappa shape index (κ1) is 29.5. The second kappa shape index (κ2) is 11.6. The van der Waals surface area contributed by atoms with Crippen molar-refractivity contribution >= 4 is 22.6 Å². The van der Waals surface area contributed by atoms with E-state index in [9.17, 15) is 17.6 Å². The number of nitrogens with zero attached hydrogens (tertiary/aromatic N) is 7. The van der Waals surface area contributed by atoms with E-state index >= 15 is 4.39 Å². The Balaban J connectivity index is 1.18. The van der Waals surface area contributed by atoms with Gasteiger partial charge in [0.15, 0.2) is 11.6 Å². The van der Waals surface area contributed by atoms with Crippen molar-refractivity contribution in [3.8, 4) is 17.3 Å². The number of pyridine rings is 1. The molecule has 0 aliphatic carbocycles. The minimum absolute atomic E-state index is 0.0398. The lowest BCUT2D eigenvalue weighted by Gasteiger charge is -2.30. The van der Waals surface area contributed by atoms with Gasteiger partial charge in [0.2, 0.25) is 5.88 Å². The van der Waals surface area contributed by atoms with Crippen molar-refractivity contribution in [1.82, 2.24) is 40.1 Å². The largest absolute Gasteiger partial charge is 0.472 e. The first-order valence-corrected chi connectivity index (χ1v) is 14.4. The van der Waals surface area contributed by atoms with Crippen LogP contribution in [0.3, 0.4) is 0 Å². The maximum absolute atomic E-state index is 15.7. The number of hydrogen-bond acceptors (Lipinski definition) is 8. The third-order valence-electron chi connectivity index (χ3n) is 7.99. The molecule has 1 N–H and O–H groups in total. The van der Waals surface area contributed by atoms with Crippen LogP contribution in [-0.4, -0.2) is 59.3 Å². The van der Waals surface area contributed by atoms with E-state index in [0.717, 1.165) is 18.6 Å². The topological polar surface area (TPSA) is 107 Å². The molecule has 0 amide bonds. The zero-order valence-electron chi connectivity index (χ0n) is 23.4. The molecule has 0 bridgehead atoms. The van der Waals surface area contributed by atoms with Gasteiger partial charge in [0, 0.05) is 30.3 Å². The van der Waals surface area contributed by atoms with Gasteiger partial charge in [-0.05, 0) is 59.2 Å². The number of benzene rings is 2. The molecule has 0 unspecified atom stereocenters. The molecule has 5 aromatic rings. The van der Waals surface area contributed by atoms with Crippen LogP contribution in [0.5, 0.6) is 5.88 Å². The zero-order chi connectivity index (χ0) is 31.3. The van der Waals surface area contributed by atoms with E-state index < -0.39 is 35.9 Å². The third-order valence-corrected chi connectivity index (χ3v) is 8.23. The highest BCUT2D eigenvalue weighted by atomic mass is 35.5. The number of halogens is 6. The second-order valence-electron chi connectivity index (χ2n) is 10.9. The van der Waals surface area contributed by atoms with E-state index in [2.05, 4.69) is 30.6 Å². The lowest BCUT2D eigenvalue weighted by atomic mass is 10.0. The van der Waals surface area contributed by atoms with Crippen LogP contribution in [0.15, 0.2) is 36.4 Å². The summed E-state index contributed by atoms with van der Waals surface area (Å²) in [5.41, 5.74) is 0.746. The number of imidazole rings is 1. The minimum atomic E-state index is -4.73. The molecule has 2 aliphatic heterocycles. The highest BCUT2D eigenvalue weighted by molar-refractivity contribution is 6.30. The van der Waals surface area contributed by atoms with Gasteiger partial charge < -0.3 is 14.0 Å². The fourth-order valence-corrected chi connectivity index (χ4v) is 5.71. The lowest BCUT2D eigenvalue weighted by Crippen LogP contribution is -2.34. The Hall–Kier alpha value is -4.21. The van der Waals surface area contributed by atoms with E-state index in [1.165, 1.54) is 12.1 Å². The molecule has 16 heteroatoms. The Morgan fingerprint density at radius 1 is 1.11 bits per heavy atom. The third kappa shape index (κ3) is 5.82. The molecule has 2 aliphatic rings. The van der Waals surface area contributed by atoms with Crippen LogP contribution in [-0.2, 0) is 43.6 Å². The highest BCUT2D eigenvalue weighted by Gasteiger charge is 2.37. The summed E-state index contributed by atoms with van der Waals surface area (Å²) in [5.74, 6) is -1.18. The standard InChI is InChI=1S/C29H24ClF5N8O2/c30-17-2-1-16(21(31)10-17)14-45-28-20(29(33,34)35)9-15-5-7-42(12-22(15)36-28)13-24-37-26-23(43(24)11-18-6-8-44-18)4-3-19(25(26)32)27-38-40-41-39-27/h1-4,9-10,18H,5-8,11-14H2,(H,38,39,40,41)/t18-/m0/s1. The molecule has 7 rings (SSSR count). The summed E-state index contributed by atoms with van der Waals surface area (Å²) in [4.78, 5) is 10.9. The van der Waals surface area contributed by atoms with Gasteiger partial charge in [-0.3, -0.25) is 4.90 Å². The van der Waals surface area contributed by atoms with E-state index in [1.54, 1.807) is 12.1 Å². The summed E-state index contributed by atoms with van der Waals surface area (Å²) < 4.78 is 84.9. The predicted octanol–water partition coefficient (Wildman–Crippen LogP) is 5.49. The molecule has 1 fully saturated rings. The van der Waals surface area contributed by atoms with Gasteiger partial charge in [-0.2, -0.15) is 13.2 Å². The van der Waals surface area contributed by atoms with Crippen LogP contribution >= 0.6 is 11.6 Å². The zero-order valence-corrected chi connectivity index (χ0v) is 24.2. The van der Waals surface area contributed by atoms with E-state index in [1.807, 2.05) is 9.47 Å². The molecular formula is C29H24ClF5N8O2. The molecule has 0 saturated carbocycles. The van der Waals surface area contributed by atoms with Crippen LogP contribution in [0.4, 0.5) is 22.0 Å². The normalized spacial score (nSPS) is 17.0. The molecule has 234 valence electrons. The quantitative estimate of drug-likeness (QED) is 0.221.